The Hall–Kier alpha value is -2.34. The van der Waals surface area contributed by atoms with E-state index >= 15 is 0 Å². The molecule has 1 aromatic heterocycles. The molecule has 0 atom stereocenters. The molecule has 1 aliphatic rings. The van der Waals surface area contributed by atoms with Crippen LogP contribution in [0, 0.1) is 6.92 Å². The molecule has 0 radical (unpaired) electrons. The van der Waals surface area contributed by atoms with Crippen LogP contribution in [-0.4, -0.2) is 53.7 Å². The molecule has 0 saturated carbocycles. The third kappa shape index (κ3) is 3.76. The number of piperazine rings is 1. The Balaban J connectivity index is 1.60. The van der Waals surface area contributed by atoms with E-state index in [2.05, 4.69) is 9.88 Å². The van der Waals surface area contributed by atoms with Crippen LogP contribution >= 0.6 is 0 Å². The number of aromatic nitrogens is 1. The summed E-state index contributed by atoms with van der Waals surface area (Å²) in [6, 6.07) is 9.91. The van der Waals surface area contributed by atoms with Gasteiger partial charge in [0.15, 0.2) is 0 Å². The number of hydrogen-bond acceptors (Lipinski definition) is 5. The summed E-state index contributed by atoms with van der Waals surface area (Å²) >= 11 is 0. The first-order valence-corrected chi connectivity index (χ1v) is 8.33. The van der Waals surface area contributed by atoms with Crippen LogP contribution in [0.5, 0.6) is 0 Å². The number of ether oxygens (including phenoxy) is 1. The van der Waals surface area contributed by atoms with Crippen molar-refractivity contribution < 1.29 is 13.9 Å². The fraction of sp³-hybridized carbons (Fsp3) is 0.444. The number of aryl methyl sites for hydroxylation is 1. The molecular formula is C18H23N3O3. The Bertz CT molecular complexity index is 676. The summed E-state index contributed by atoms with van der Waals surface area (Å²) in [5.41, 5.74) is 1.94. The molecule has 1 aromatic carbocycles. The van der Waals surface area contributed by atoms with Crippen molar-refractivity contribution in [1.82, 2.24) is 14.8 Å². The van der Waals surface area contributed by atoms with Crippen LogP contribution in [0.3, 0.4) is 0 Å². The molecule has 0 unspecified atom stereocenters. The highest BCUT2D eigenvalue weighted by Crippen LogP contribution is 2.22. The minimum atomic E-state index is -0.221. The van der Waals surface area contributed by atoms with Crippen LogP contribution in [0.25, 0.3) is 11.5 Å². The van der Waals surface area contributed by atoms with Crippen molar-refractivity contribution in [1.29, 1.82) is 0 Å². The summed E-state index contributed by atoms with van der Waals surface area (Å²) in [7, 11) is 0. The lowest BCUT2D eigenvalue weighted by molar-refractivity contribution is 0.0774. The second-order valence-electron chi connectivity index (χ2n) is 5.85. The summed E-state index contributed by atoms with van der Waals surface area (Å²) in [5, 5.41) is 0. The summed E-state index contributed by atoms with van der Waals surface area (Å²) in [6.07, 6.45) is -0.221. The van der Waals surface area contributed by atoms with Gasteiger partial charge in [-0.15, -0.1) is 0 Å². The zero-order valence-corrected chi connectivity index (χ0v) is 14.2. The summed E-state index contributed by atoms with van der Waals surface area (Å²) in [5.74, 6) is 1.51. The Kier molecular flexibility index (Phi) is 5.15. The first kappa shape index (κ1) is 16.5. The third-order valence-electron chi connectivity index (χ3n) is 4.19. The highest BCUT2D eigenvalue weighted by atomic mass is 16.6. The fourth-order valence-electron chi connectivity index (χ4n) is 2.79. The van der Waals surface area contributed by atoms with Gasteiger partial charge in [0.05, 0.1) is 12.3 Å². The van der Waals surface area contributed by atoms with E-state index in [1.807, 2.05) is 44.2 Å². The number of hydrogen-bond donors (Lipinski definition) is 0. The average Bonchev–Trinajstić information content (AvgIpc) is 2.97. The van der Waals surface area contributed by atoms with Gasteiger partial charge in [-0.05, 0) is 26.0 Å². The average molecular weight is 329 g/mol. The van der Waals surface area contributed by atoms with Gasteiger partial charge in [0, 0.05) is 38.3 Å². The number of amides is 1. The lowest BCUT2D eigenvalue weighted by atomic mass is 10.2. The normalized spacial score (nSPS) is 15.5. The molecule has 1 saturated heterocycles. The molecule has 1 fully saturated rings. The molecule has 3 rings (SSSR count). The molecule has 24 heavy (non-hydrogen) atoms. The molecule has 0 aliphatic carbocycles. The van der Waals surface area contributed by atoms with Crippen molar-refractivity contribution in [3.8, 4) is 11.5 Å². The van der Waals surface area contributed by atoms with Gasteiger partial charge in [-0.3, -0.25) is 4.90 Å². The molecule has 2 aromatic rings. The SMILES string of the molecule is CCOC(=O)N1CCN(Cc2nc(-c3ccccc3)oc2C)CC1. The topological polar surface area (TPSA) is 58.8 Å². The van der Waals surface area contributed by atoms with Crippen molar-refractivity contribution in [3.05, 3.63) is 41.8 Å². The highest BCUT2D eigenvalue weighted by Gasteiger charge is 2.23. The second kappa shape index (κ2) is 7.49. The van der Waals surface area contributed by atoms with Crippen LogP contribution < -0.4 is 0 Å². The van der Waals surface area contributed by atoms with Gasteiger partial charge in [0.25, 0.3) is 0 Å². The van der Waals surface area contributed by atoms with Crippen LogP contribution in [-0.2, 0) is 11.3 Å². The molecule has 0 bridgehead atoms. The second-order valence-corrected chi connectivity index (χ2v) is 5.85. The monoisotopic (exact) mass is 329 g/mol. The molecule has 2 heterocycles. The smallest absolute Gasteiger partial charge is 0.409 e. The fourth-order valence-corrected chi connectivity index (χ4v) is 2.79. The van der Waals surface area contributed by atoms with E-state index in [1.54, 1.807) is 4.90 Å². The maximum Gasteiger partial charge on any atom is 0.409 e. The van der Waals surface area contributed by atoms with E-state index in [0.29, 0.717) is 25.6 Å². The van der Waals surface area contributed by atoms with Gasteiger partial charge in [0.2, 0.25) is 5.89 Å². The van der Waals surface area contributed by atoms with Crippen molar-refractivity contribution in [3.63, 3.8) is 0 Å². The van der Waals surface area contributed by atoms with Gasteiger partial charge < -0.3 is 14.1 Å². The lowest BCUT2D eigenvalue weighted by Gasteiger charge is -2.33. The van der Waals surface area contributed by atoms with E-state index in [4.69, 9.17) is 9.15 Å². The maximum atomic E-state index is 11.7. The predicted molar refractivity (Wildman–Crippen MR) is 90.5 cm³/mol. The van der Waals surface area contributed by atoms with Crippen LogP contribution in [0.2, 0.25) is 0 Å². The number of carbonyl (C=O) groups is 1. The highest BCUT2D eigenvalue weighted by molar-refractivity contribution is 5.67. The molecule has 6 heteroatoms. The summed E-state index contributed by atoms with van der Waals surface area (Å²) in [4.78, 5) is 20.4. The molecule has 1 aliphatic heterocycles. The van der Waals surface area contributed by atoms with Crippen LogP contribution in [0.15, 0.2) is 34.7 Å². The molecule has 0 N–H and O–H groups in total. The van der Waals surface area contributed by atoms with Gasteiger partial charge >= 0.3 is 6.09 Å². The van der Waals surface area contributed by atoms with Gasteiger partial charge in [-0.25, -0.2) is 9.78 Å². The molecular weight excluding hydrogens is 306 g/mol. The Morgan fingerprint density at radius 2 is 1.92 bits per heavy atom. The van der Waals surface area contributed by atoms with Crippen molar-refractivity contribution >= 4 is 6.09 Å². The van der Waals surface area contributed by atoms with Crippen LogP contribution in [0.1, 0.15) is 18.4 Å². The Morgan fingerprint density at radius 3 is 2.58 bits per heavy atom. The summed E-state index contributed by atoms with van der Waals surface area (Å²) in [6.45, 7) is 7.91. The number of rotatable bonds is 4. The zero-order valence-electron chi connectivity index (χ0n) is 14.2. The van der Waals surface area contributed by atoms with E-state index < -0.39 is 0 Å². The third-order valence-corrected chi connectivity index (χ3v) is 4.19. The number of carbonyl (C=O) groups excluding carboxylic acids is 1. The first-order chi connectivity index (χ1) is 11.7. The quantitative estimate of drug-likeness (QED) is 0.863. The first-order valence-electron chi connectivity index (χ1n) is 8.33. The van der Waals surface area contributed by atoms with Crippen molar-refractivity contribution in [2.45, 2.75) is 20.4 Å². The Labute approximate surface area is 142 Å². The number of nitrogens with zero attached hydrogens (tertiary/aromatic N) is 3. The minimum absolute atomic E-state index is 0.221. The van der Waals surface area contributed by atoms with Crippen LogP contribution in [0.4, 0.5) is 4.79 Å². The molecule has 0 spiro atoms. The zero-order chi connectivity index (χ0) is 16.9. The largest absolute Gasteiger partial charge is 0.450 e. The van der Waals surface area contributed by atoms with Gasteiger partial charge in [-0.1, -0.05) is 18.2 Å². The predicted octanol–water partition coefficient (Wildman–Crippen LogP) is 2.92. The molecule has 1 amide bonds. The lowest BCUT2D eigenvalue weighted by Crippen LogP contribution is -2.48. The van der Waals surface area contributed by atoms with E-state index in [0.717, 1.165) is 36.7 Å². The van der Waals surface area contributed by atoms with E-state index in [1.165, 1.54) is 0 Å². The van der Waals surface area contributed by atoms with Crippen molar-refractivity contribution in [2.75, 3.05) is 32.8 Å². The van der Waals surface area contributed by atoms with Gasteiger partial charge in [0.1, 0.15) is 5.76 Å². The minimum Gasteiger partial charge on any atom is -0.450 e. The van der Waals surface area contributed by atoms with Gasteiger partial charge in [-0.2, -0.15) is 0 Å². The molecule has 128 valence electrons. The van der Waals surface area contributed by atoms with E-state index in [-0.39, 0.29) is 6.09 Å². The number of benzene rings is 1. The summed E-state index contributed by atoms with van der Waals surface area (Å²) < 4.78 is 10.9. The number of oxazole rings is 1. The van der Waals surface area contributed by atoms with Crippen molar-refractivity contribution in [2.24, 2.45) is 0 Å². The maximum absolute atomic E-state index is 11.7. The molecule has 6 nitrogen and oxygen atoms in total. The Morgan fingerprint density at radius 1 is 1.21 bits per heavy atom. The standard InChI is InChI=1S/C18H23N3O3/c1-3-23-18(22)21-11-9-20(10-12-21)13-16-14(2)24-17(19-16)15-7-5-4-6-8-15/h4-8H,3,9-13H2,1-2H3. The van der Waals surface area contributed by atoms with E-state index in [9.17, 15) is 4.79 Å².